The van der Waals surface area contributed by atoms with Crippen molar-refractivity contribution >= 4 is 21.5 Å². The number of nitro groups is 1. The van der Waals surface area contributed by atoms with Gasteiger partial charge < -0.3 is 9.64 Å². The monoisotopic (exact) mass is 421 g/mol. The minimum Gasteiger partial charge on any atom is -0.476 e. The molecule has 0 amide bonds. The van der Waals surface area contributed by atoms with Gasteiger partial charge in [-0.3, -0.25) is 10.1 Å². The van der Waals surface area contributed by atoms with Gasteiger partial charge in [0.05, 0.1) is 9.82 Å². The standard InChI is InChI=1S/C18H23N5O5S/c1-14-20-17(22-10-3-2-4-11-22)13-18(21-14)28-12-9-19-29(26,27)16-7-5-15(6-8-16)23(24)25/h5-8,13,19H,2-4,9-12H2,1H3. The summed E-state index contributed by atoms with van der Waals surface area (Å²) in [6.45, 7) is 3.80. The van der Waals surface area contributed by atoms with E-state index in [2.05, 4.69) is 19.6 Å². The van der Waals surface area contributed by atoms with E-state index in [4.69, 9.17) is 4.74 Å². The molecule has 10 nitrogen and oxygen atoms in total. The second-order valence-corrected chi connectivity index (χ2v) is 8.42. The van der Waals surface area contributed by atoms with Crippen LogP contribution in [0.25, 0.3) is 0 Å². The second-order valence-electron chi connectivity index (χ2n) is 6.66. The molecular formula is C18H23N5O5S. The molecule has 0 spiro atoms. The largest absolute Gasteiger partial charge is 0.476 e. The lowest BCUT2D eigenvalue weighted by molar-refractivity contribution is -0.384. The average Bonchev–Trinajstić information content (AvgIpc) is 2.71. The molecule has 1 saturated heterocycles. The molecule has 29 heavy (non-hydrogen) atoms. The van der Waals surface area contributed by atoms with Crippen LogP contribution in [0, 0.1) is 17.0 Å². The number of nitro benzene ring substituents is 1. The maximum Gasteiger partial charge on any atom is 0.269 e. The minimum atomic E-state index is -3.78. The van der Waals surface area contributed by atoms with Crippen LogP contribution in [0.3, 0.4) is 0 Å². The van der Waals surface area contributed by atoms with E-state index in [9.17, 15) is 18.5 Å². The van der Waals surface area contributed by atoms with Crippen LogP contribution in [0.15, 0.2) is 35.2 Å². The number of non-ortho nitro benzene ring substituents is 1. The van der Waals surface area contributed by atoms with Crippen molar-refractivity contribution in [2.75, 3.05) is 31.1 Å². The lowest BCUT2D eigenvalue weighted by Gasteiger charge is -2.28. The van der Waals surface area contributed by atoms with Gasteiger partial charge in [0.25, 0.3) is 5.69 Å². The maximum atomic E-state index is 12.3. The van der Waals surface area contributed by atoms with Crippen LogP contribution in [0.1, 0.15) is 25.1 Å². The number of aromatic nitrogens is 2. The van der Waals surface area contributed by atoms with Gasteiger partial charge in [0, 0.05) is 37.8 Å². The summed E-state index contributed by atoms with van der Waals surface area (Å²) < 4.78 is 32.6. The van der Waals surface area contributed by atoms with E-state index in [1.807, 2.05) is 0 Å². The van der Waals surface area contributed by atoms with Crippen molar-refractivity contribution in [2.45, 2.75) is 31.1 Å². The van der Waals surface area contributed by atoms with Crippen molar-refractivity contribution in [2.24, 2.45) is 0 Å². The fourth-order valence-electron chi connectivity index (χ4n) is 3.05. The summed E-state index contributed by atoms with van der Waals surface area (Å²) in [6.07, 6.45) is 3.48. The number of nitrogens with zero attached hydrogens (tertiary/aromatic N) is 4. The first-order valence-corrected chi connectivity index (χ1v) is 10.8. The number of hydrogen-bond acceptors (Lipinski definition) is 8. The van der Waals surface area contributed by atoms with Crippen LogP contribution in [0.5, 0.6) is 5.88 Å². The van der Waals surface area contributed by atoms with E-state index in [1.54, 1.807) is 13.0 Å². The Balaban J connectivity index is 1.55. The SMILES string of the molecule is Cc1nc(OCCNS(=O)(=O)c2ccc([N+](=O)[O-])cc2)cc(N2CCCCC2)n1. The summed E-state index contributed by atoms with van der Waals surface area (Å²) in [4.78, 5) is 20.9. The molecular weight excluding hydrogens is 398 g/mol. The third-order valence-electron chi connectivity index (χ3n) is 4.48. The second kappa shape index (κ2) is 9.14. The third kappa shape index (κ3) is 5.61. The zero-order valence-corrected chi connectivity index (χ0v) is 16.9. The lowest BCUT2D eigenvalue weighted by atomic mass is 10.1. The average molecular weight is 421 g/mol. The number of hydrogen-bond donors (Lipinski definition) is 1. The molecule has 2 heterocycles. The molecule has 1 aromatic heterocycles. The Morgan fingerprint density at radius 2 is 1.86 bits per heavy atom. The third-order valence-corrected chi connectivity index (χ3v) is 5.96. The summed E-state index contributed by atoms with van der Waals surface area (Å²) in [6, 6.07) is 6.46. The predicted octanol–water partition coefficient (Wildman–Crippen LogP) is 2.04. The first-order valence-electron chi connectivity index (χ1n) is 9.33. The molecule has 1 N–H and O–H groups in total. The van der Waals surface area contributed by atoms with Gasteiger partial charge in [0.1, 0.15) is 18.2 Å². The van der Waals surface area contributed by atoms with E-state index in [1.165, 1.54) is 18.6 Å². The Morgan fingerprint density at radius 1 is 1.17 bits per heavy atom. The van der Waals surface area contributed by atoms with Crippen LogP contribution in [-0.2, 0) is 10.0 Å². The summed E-state index contributed by atoms with van der Waals surface area (Å²) in [7, 11) is -3.78. The van der Waals surface area contributed by atoms with Crippen molar-refractivity contribution in [3.05, 3.63) is 46.3 Å². The van der Waals surface area contributed by atoms with E-state index in [0.717, 1.165) is 43.9 Å². The lowest BCUT2D eigenvalue weighted by Crippen LogP contribution is -2.30. The Morgan fingerprint density at radius 3 is 2.52 bits per heavy atom. The molecule has 0 unspecified atom stereocenters. The first-order chi connectivity index (χ1) is 13.8. The van der Waals surface area contributed by atoms with E-state index in [-0.39, 0.29) is 23.7 Å². The topological polar surface area (TPSA) is 128 Å². The van der Waals surface area contributed by atoms with Crippen LogP contribution < -0.4 is 14.4 Å². The minimum absolute atomic E-state index is 0.0292. The summed E-state index contributed by atoms with van der Waals surface area (Å²) in [5.41, 5.74) is -0.170. The number of piperidine rings is 1. The fraction of sp³-hybridized carbons (Fsp3) is 0.444. The zero-order chi connectivity index (χ0) is 20.9. The molecule has 0 saturated carbocycles. The molecule has 156 valence electrons. The van der Waals surface area contributed by atoms with E-state index in [0.29, 0.717) is 11.7 Å². The number of nitrogens with one attached hydrogen (secondary N) is 1. The fourth-order valence-corrected chi connectivity index (χ4v) is 4.06. The molecule has 1 aliphatic rings. The maximum absolute atomic E-state index is 12.3. The number of anilines is 1. The number of rotatable bonds is 8. The van der Waals surface area contributed by atoms with Crippen LogP contribution in [0.2, 0.25) is 0 Å². The van der Waals surface area contributed by atoms with Gasteiger partial charge in [-0.15, -0.1) is 0 Å². The molecule has 0 aliphatic carbocycles. The quantitative estimate of drug-likeness (QED) is 0.390. The highest BCUT2D eigenvalue weighted by atomic mass is 32.2. The Labute approximate surface area is 169 Å². The molecule has 1 aliphatic heterocycles. The van der Waals surface area contributed by atoms with Gasteiger partial charge >= 0.3 is 0 Å². The Bertz CT molecular complexity index is 959. The molecule has 1 fully saturated rings. The van der Waals surface area contributed by atoms with Crippen molar-refractivity contribution < 1.29 is 18.1 Å². The van der Waals surface area contributed by atoms with Crippen molar-refractivity contribution in [1.29, 1.82) is 0 Å². The molecule has 0 bridgehead atoms. The van der Waals surface area contributed by atoms with Gasteiger partial charge in [-0.1, -0.05) is 0 Å². The number of sulfonamides is 1. The zero-order valence-electron chi connectivity index (χ0n) is 16.1. The first kappa shape index (κ1) is 20.9. The smallest absolute Gasteiger partial charge is 0.269 e. The van der Waals surface area contributed by atoms with Crippen molar-refractivity contribution in [3.8, 4) is 5.88 Å². The molecule has 0 radical (unpaired) electrons. The molecule has 2 aromatic rings. The van der Waals surface area contributed by atoms with Gasteiger partial charge in [0.2, 0.25) is 15.9 Å². The Kier molecular flexibility index (Phi) is 6.60. The highest BCUT2D eigenvalue weighted by Crippen LogP contribution is 2.21. The van der Waals surface area contributed by atoms with Gasteiger partial charge in [0.15, 0.2) is 0 Å². The van der Waals surface area contributed by atoms with Crippen molar-refractivity contribution in [1.82, 2.24) is 14.7 Å². The van der Waals surface area contributed by atoms with Gasteiger partial charge in [-0.2, -0.15) is 4.98 Å². The van der Waals surface area contributed by atoms with E-state index >= 15 is 0 Å². The Hall–Kier alpha value is -2.79. The summed E-state index contributed by atoms with van der Waals surface area (Å²) in [5.74, 6) is 1.81. The molecule has 1 aromatic carbocycles. The molecule has 0 atom stereocenters. The molecule has 11 heteroatoms. The summed E-state index contributed by atoms with van der Waals surface area (Å²) in [5, 5.41) is 10.7. The highest BCUT2D eigenvalue weighted by Gasteiger charge is 2.16. The van der Waals surface area contributed by atoms with Crippen LogP contribution >= 0.6 is 0 Å². The van der Waals surface area contributed by atoms with E-state index < -0.39 is 14.9 Å². The number of benzene rings is 1. The predicted molar refractivity (Wildman–Crippen MR) is 107 cm³/mol. The summed E-state index contributed by atoms with van der Waals surface area (Å²) >= 11 is 0. The van der Waals surface area contributed by atoms with Crippen molar-refractivity contribution in [3.63, 3.8) is 0 Å². The highest BCUT2D eigenvalue weighted by molar-refractivity contribution is 7.89. The number of ether oxygens (including phenoxy) is 1. The van der Waals surface area contributed by atoms with Crippen LogP contribution in [-0.4, -0.2) is 49.6 Å². The van der Waals surface area contributed by atoms with Crippen LogP contribution in [0.4, 0.5) is 11.5 Å². The van der Waals surface area contributed by atoms with Gasteiger partial charge in [-0.05, 0) is 38.3 Å². The number of aryl methyl sites for hydroxylation is 1. The molecule has 3 rings (SSSR count). The normalized spacial score (nSPS) is 14.6. The van der Waals surface area contributed by atoms with Gasteiger partial charge in [-0.25, -0.2) is 18.1 Å².